The molecule has 1 aromatic heterocycles. The van der Waals surface area contributed by atoms with Crippen molar-refractivity contribution < 1.29 is 4.79 Å². The molecule has 15 heavy (non-hydrogen) atoms. The minimum atomic E-state index is 0.219. The minimum Gasteiger partial charge on any atom is -0.338 e. The molecule has 1 aliphatic rings. The Balaban J connectivity index is 1.96. The minimum absolute atomic E-state index is 0.219. The van der Waals surface area contributed by atoms with E-state index in [0.29, 0.717) is 12.3 Å². The average molecular weight is 244 g/mol. The lowest BCUT2D eigenvalue weighted by Gasteiger charge is -2.22. The summed E-state index contributed by atoms with van der Waals surface area (Å²) in [5.41, 5.74) is 1.12. The van der Waals surface area contributed by atoms with Crippen molar-refractivity contribution in [3.05, 3.63) is 22.4 Å². The van der Waals surface area contributed by atoms with E-state index < -0.39 is 0 Å². The van der Waals surface area contributed by atoms with Crippen molar-refractivity contribution in [1.29, 1.82) is 0 Å². The number of thiophene rings is 1. The Kier molecular flexibility index (Phi) is 3.65. The van der Waals surface area contributed by atoms with Crippen LogP contribution in [0.5, 0.6) is 0 Å². The maximum Gasteiger partial charge on any atom is 0.227 e. The first kappa shape index (κ1) is 11.0. The Labute approximate surface area is 98.8 Å². The molecule has 82 valence electrons. The highest BCUT2D eigenvalue weighted by Crippen LogP contribution is 2.20. The maximum atomic E-state index is 12.0. The standard InChI is InChI=1S/C11H14ClNOS/c12-7-10-2-1-4-13(10)11(14)6-9-3-5-15-8-9/h3,5,8,10H,1-2,4,6-7H2. The predicted molar refractivity (Wildman–Crippen MR) is 63.5 cm³/mol. The summed E-state index contributed by atoms with van der Waals surface area (Å²) in [6, 6.07) is 2.27. The molecule has 0 saturated carbocycles. The van der Waals surface area contributed by atoms with Crippen LogP contribution in [0.3, 0.4) is 0 Å². The lowest BCUT2D eigenvalue weighted by Crippen LogP contribution is -2.37. The fraction of sp³-hybridized carbons (Fsp3) is 0.545. The summed E-state index contributed by atoms with van der Waals surface area (Å²) in [6.07, 6.45) is 2.67. The number of hydrogen-bond acceptors (Lipinski definition) is 2. The van der Waals surface area contributed by atoms with Crippen LogP contribution >= 0.6 is 22.9 Å². The van der Waals surface area contributed by atoms with Crippen LogP contribution < -0.4 is 0 Å². The average Bonchev–Trinajstić information content (AvgIpc) is 2.86. The highest BCUT2D eigenvalue weighted by molar-refractivity contribution is 7.07. The number of hydrogen-bond donors (Lipinski definition) is 0. The van der Waals surface area contributed by atoms with Gasteiger partial charge >= 0.3 is 0 Å². The van der Waals surface area contributed by atoms with Crippen molar-refractivity contribution in [1.82, 2.24) is 4.90 Å². The van der Waals surface area contributed by atoms with Crippen LogP contribution in [0.1, 0.15) is 18.4 Å². The van der Waals surface area contributed by atoms with Crippen molar-refractivity contribution in [3.63, 3.8) is 0 Å². The van der Waals surface area contributed by atoms with Crippen LogP contribution in [0, 0.1) is 0 Å². The van der Waals surface area contributed by atoms with Gasteiger partial charge in [0.05, 0.1) is 6.42 Å². The molecule has 1 atom stereocenters. The van der Waals surface area contributed by atoms with Gasteiger partial charge in [-0.1, -0.05) is 0 Å². The smallest absolute Gasteiger partial charge is 0.227 e. The molecule has 1 saturated heterocycles. The SMILES string of the molecule is O=C(Cc1ccsc1)N1CCCC1CCl. The number of likely N-dealkylation sites (tertiary alicyclic amines) is 1. The third-order valence-corrected chi connectivity index (χ3v) is 3.90. The number of alkyl halides is 1. The van der Waals surface area contributed by atoms with E-state index in [0.717, 1.165) is 24.9 Å². The Hall–Kier alpha value is -0.540. The predicted octanol–water partition coefficient (Wildman–Crippen LogP) is 2.52. The van der Waals surface area contributed by atoms with Gasteiger partial charge in [-0.2, -0.15) is 11.3 Å². The second kappa shape index (κ2) is 4.99. The van der Waals surface area contributed by atoms with Gasteiger partial charge in [0.15, 0.2) is 0 Å². The summed E-state index contributed by atoms with van der Waals surface area (Å²) in [5.74, 6) is 0.784. The van der Waals surface area contributed by atoms with Crippen LogP contribution in [-0.4, -0.2) is 29.3 Å². The van der Waals surface area contributed by atoms with Gasteiger partial charge in [0, 0.05) is 18.5 Å². The topological polar surface area (TPSA) is 20.3 Å². The van der Waals surface area contributed by atoms with Crippen LogP contribution in [0.15, 0.2) is 16.8 Å². The lowest BCUT2D eigenvalue weighted by atomic mass is 10.2. The number of amides is 1. The molecular weight excluding hydrogens is 230 g/mol. The summed E-state index contributed by atoms with van der Waals surface area (Å²) in [4.78, 5) is 13.9. The van der Waals surface area contributed by atoms with E-state index >= 15 is 0 Å². The second-order valence-corrected chi connectivity index (χ2v) is 4.93. The molecule has 1 aromatic rings. The highest BCUT2D eigenvalue weighted by atomic mass is 35.5. The fourth-order valence-electron chi connectivity index (χ4n) is 1.99. The lowest BCUT2D eigenvalue weighted by molar-refractivity contribution is -0.130. The molecule has 2 nitrogen and oxygen atoms in total. The molecule has 1 unspecified atom stereocenters. The molecule has 0 aromatic carbocycles. The normalized spacial score (nSPS) is 20.9. The molecule has 1 fully saturated rings. The van der Waals surface area contributed by atoms with E-state index in [4.69, 9.17) is 11.6 Å². The van der Waals surface area contributed by atoms with E-state index in [9.17, 15) is 4.79 Å². The van der Waals surface area contributed by atoms with Crippen LogP contribution in [-0.2, 0) is 11.2 Å². The Bertz CT molecular complexity index is 325. The van der Waals surface area contributed by atoms with Crippen molar-refractivity contribution in [2.45, 2.75) is 25.3 Å². The fourth-order valence-corrected chi connectivity index (χ4v) is 2.98. The van der Waals surface area contributed by atoms with Crippen molar-refractivity contribution in [2.75, 3.05) is 12.4 Å². The molecular formula is C11H14ClNOS. The van der Waals surface area contributed by atoms with Crippen molar-refractivity contribution in [2.24, 2.45) is 0 Å². The quantitative estimate of drug-likeness (QED) is 0.748. The molecule has 0 radical (unpaired) electrons. The van der Waals surface area contributed by atoms with Crippen LogP contribution in [0.4, 0.5) is 0 Å². The number of rotatable bonds is 3. The maximum absolute atomic E-state index is 12.0. The zero-order valence-electron chi connectivity index (χ0n) is 8.49. The zero-order chi connectivity index (χ0) is 10.7. The monoisotopic (exact) mass is 243 g/mol. The van der Waals surface area contributed by atoms with Crippen LogP contribution in [0.25, 0.3) is 0 Å². The van der Waals surface area contributed by atoms with Crippen molar-refractivity contribution in [3.8, 4) is 0 Å². The van der Waals surface area contributed by atoms with Gasteiger partial charge in [-0.15, -0.1) is 11.6 Å². The highest BCUT2D eigenvalue weighted by Gasteiger charge is 2.27. The van der Waals surface area contributed by atoms with Gasteiger partial charge in [-0.25, -0.2) is 0 Å². The molecule has 4 heteroatoms. The summed E-state index contributed by atoms with van der Waals surface area (Å²) < 4.78 is 0. The number of carbonyl (C=O) groups is 1. The third-order valence-electron chi connectivity index (χ3n) is 2.81. The first-order valence-electron chi connectivity index (χ1n) is 5.18. The van der Waals surface area contributed by atoms with Gasteiger partial charge in [-0.3, -0.25) is 4.79 Å². The van der Waals surface area contributed by atoms with Gasteiger partial charge < -0.3 is 4.90 Å². The van der Waals surface area contributed by atoms with E-state index in [1.165, 1.54) is 0 Å². The molecule has 0 spiro atoms. The van der Waals surface area contributed by atoms with Gasteiger partial charge in [0.1, 0.15) is 0 Å². The van der Waals surface area contributed by atoms with Gasteiger partial charge in [0.2, 0.25) is 5.91 Å². The number of nitrogens with zero attached hydrogens (tertiary/aromatic N) is 1. The van der Waals surface area contributed by atoms with Crippen molar-refractivity contribution >= 4 is 28.8 Å². The van der Waals surface area contributed by atoms with Crippen LogP contribution in [0.2, 0.25) is 0 Å². The molecule has 1 aliphatic heterocycles. The largest absolute Gasteiger partial charge is 0.338 e. The number of carbonyl (C=O) groups excluding carboxylic acids is 1. The molecule has 0 bridgehead atoms. The molecule has 1 amide bonds. The molecule has 0 aliphatic carbocycles. The molecule has 2 rings (SSSR count). The van der Waals surface area contributed by atoms with Gasteiger partial charge in [0.25, 0.3) is 0 Å². The summed E-state index contributed by atoms with van der Waals surface area (Å²) in [5, 5.41) is 4.04. The second-order valence-electron chi connectivity index (χ2n) is 3.85. The Morgan fingerprint density at radius 2 is 2.53 bits per heavy atom. The number of halogens is 1. The Morgan fingerprint density at radius 3 is 3.20 bits per heavy atom. The van der Waals surface area contributed by atoms with E-state index in [2.05, 4.69) is 0 Å². The summed E-state index contributed by atoms with van der Waals surface area (Å²) >= 11 is 7.47. The summed E-state index contributed by atoms with van der Waals surface area (Å²) in [7, 11) is 0. The van der Waals surface area contributed by atoms with E-state index in [-0.39, 0.29) is 11.9 Å². The molecule has 2 heterocycles. The zero-order valence-corrected chi connectivity index (χ0v) is 10.1. The molecule has 0 N–H and O–H groups in total. The first-order chi connectivity index (χ1) is 7.31. The van der Waals surface area contributed by atoms with E-state index in [1.807, 2.05) is 21.7 Å². The first-order valence-corrected chi connectivity index (χ1v) is 6.65. The summed E-state index contributed by atoms with van der Waals surface area (Å²) in [6.45, 7) is 0.875. The third kappa shape index (κ3) is 2.52. The van der Waals surface area contributed by atoms with E-state index in [1.54, 1.807) is 11.3 Å². The Morgan fingerprint density at radius 1 is 1.67 bits per heavy atom. The van der Waals surface area contributed by atoms with Gasteiger partial charge in [-0.05, 0) is 35.2 Å².